The average molecular weight is 837 g/mol. The number of nitrogens with zero attached hydrogens (tertiary/aromatic N) is 6. The molecule has 0 fully saturated rings. The molecule has 4 heterocycles. The first-order valence-corrected chi connectivity index (χ1v) is 22.3. The number of rotatable bonds is 7. The van der Waals surface area contributed by atoms with Crippen LogP contribution in [0, 0.1) is 0 Å². The fourth-order valence-corrected chi connectivity index (χ4v) is 10.7. The van der Waals surface area contributed by atoms with Crippen molar-refractivity contribution >= 4 is 77.2 Å². The van der Waals surface area contributed by atoms with Crippen LogP contribution in [0.5, 0.6) is 0 Å². The molecular formula is C57H36N6S. The minimum atomic E-state index is 0.551. The molecule has 0 radical (unpaired) electrons. The van der Waals surface area contributed by atoms with Crippen molar-refractivity contribution < 1.29 is 0 Å². The van der Waals surface area contributed by atoms with E-state index in [1.165, 1.54) is 15.4 Å². The molecule has 64 heavy (non-hydrogen) atoms. The van der Waals surface area contributed by atoms with Crippen LogP contribution in [-0.2, 0) is 0 Å². The van der Waals surface area contributed by atoms with Crippen LogP contribution in [0.15, 0.2) is 228 Å². The molecule has 4 aromatic heterocycles. The molecule has 0 saturated carbocycles. The van der Waals surface area contributed by atoms with E-state index in [9.17, 15) is 0 Å². The molecule has 0 aliphatic rings. The van der Waals surface area contributed by atoms with E-state index in [-0.39, 0.29) is 0 Å². The Balaban J connectivity index is 1.14. The molecule has 0 atom stereocenters. The SMILES string of the molecule is c1ccc(Sc2ccccc2-c2cccc3c4c(-c5nc(-n6c7ccccc7c7ccccc76)nc(-n6c7ccccc7c7ccccc76)n5)cccc4n(-c4ccccc4)c23)cc1. The molecule has 13 rings (SSSR count). The summed E-state index contributed by atoms with van der Waals surface area (Å²) in [5.41, 5.74) is 10.6. The molecule has 0 spiro atoms. The molecular weight excluding hydrogens is 801 g/mol. The zero-order chi connectivity index (χ0) is 42.1. The Labute approximate surface area is 372 Å². The third-order valence-corrected chi connectivity index (χ3v) is 13.5. The van der Waals surface area contributed by atoms with Gasteiger partial charge in [0.2, 0.25) is 11.9 Å². The highest BCUT2D eigenvalue weighted by molar-refractivity contribution is 7.99. The van der Waals surface area contributed by atoms with Gasteiger partial charge in [0.25, 0.3) is 0 Å². The maximum absolute atomic E-state index is 5.51. The molecule has 0 bridgehead atoms. The predicted molar refractivity (Wildman–Crippen MR) is 264 cm³/mol. The summed E-state index contributed by atoms with van der Waals surface area (Å²) >= 11 is 1.79. The lowest BCUT2D eigenvalue weighted by molar-refractivity contribution is 0.893. The molecule has 300 valence electrons. The third kappa shape index (κ3) is 5.64. The maximum Gasteiger partial charge on any atom is 0.240 e. The molecule has 0 N–H and O–H groups in total. The zero-order valence-corrected chi connectivity index (χ0v) is 35.2. The van der Waals surface area contributed by atoms with Gasteiger partial charge in [0.15, 0.2) is 5.82 Å². The molecule has 0 aliphatic heterocycles. The van der Waals surface area contributed by atoms with E-state index in [0.717, 1.165) is 82.2 Å². The first-order chi connectivity index (χ1) is 31.8. The fraction of sp³-hybridized carbons (Fsp3) is 0. The van der Waals surface area contributed by atoms with Gasteiger partial charge in [0.05, 0.1) is 33.1 Å². The van der Waals surface area contributed by atoms with Gasteiger partial charge in [-0.15, -0.1) is 0 Å². The quantitative estimate of drug-likeness (QED) is 0.160. The Kier molecular flexibility index (Phi) is 8.35. The van der Waals surface area contributed by atoms with E-state index < -0.39 is 0 Å². The third-order valence-electron chi connectivity index (χ3n) is 12.4. The summed E-state index contributed by atoms with van der Waals surface area (Å²) in [6, 6.07) is 77.3. The van der Waals surface area contributed by atoms with Crippen LogP contribution in [0.1, 0.15) is 0 Å². The van der Waals surface area contributed by atoms with Crippen LogP contribution >= 0.6 is 11.8 Å². The lowest BCUT2D eigenvalue weighted by Crippen LogP contribution is -2.10. The summed E-state index contributed by atoms with van der Waals surface area (Å²) in [6.45, 7) is 0. The Morgan fingerprint density at radius 2 is 0.750 bits per heavy atom. The van der Waals surface area contributed by atoms with Crippen LogP contribution in [-0.4, -0.2) is 28.7 Å². The molecule has 0 saturated heterocycles. The van der Waals surface area contributed by atoms with Gasteiger partial charge in [-0.1, -0.05) is 169 Å². The van der Waals surface area contributed by atoms with Gasteiger partial charge in [-0.2, -0.15) is 15.0 Å². The Morgan fingerprint density at radius 1 is 0.312 bits per heavy atom. The summed E-state index contributed by atoms with van der Waals surface area (Å²) in [7, 11) is 0. The van der Waals surface area contributed by atoms with Crippen molar-refractivity contribution in [2.75, 3.05) is 0 Å². The van der Waals surface area contributed by atoms with Crippen molar-refractivity contribution in [3.8, 4) is 40.1 Å². The Hall–Kier alpha value is -8.26. The Bertz CT molecular complexity index is 3700. The number of fused-ring (bicyclic) bond motifs is 9. The number of hydrogen-bond donors (Lipinski definition) is 0. The summed E-state index contributed by atoms with van der Waals surface area (Å²) in [5.74, 6) is 1.69. The van der Waals surface area contributed by atoms with E-state index >= 15 is 0 Å². The lowest BCUT2D eigenvalue weighted by Gasteiger charge is -2.14. The van der Waals surface area contributed by atoms with Crippen LogP contribution in [0.4, 0.5) is 0 Å². The number of benzene rings is 9. The predicted octanol–water partition coefficient (Wildman–Crippen LogP) is 14.6. The highest BCUT2D eigenvalue weighted by Crippen LogP contribution is 2.45. The van der Waals surface area contributed by atoms with E-state index in [1.54, 1.807) is 11.8 Å². The van der Waals surface area contributed by atoms with Gasteiger partial charge in [-0.05, 0) is 66.2 Å². The van der Waals surface area contributed by atoms with Crippen molar-refractivity contribution in [2.24, 2.45) is 0 Å². The van der Waals surface area contributed by atoms with Crippen LogP contribution in [0.25, 0.3) is 106 Å². The van der Waals surface area contributed by atoms with Crippen molar-refractivity contribution in [3.63, 3.8) is 0 Å². The molecule has 9 aromatic carbocycles. The average Bonchev–Trinajstić information content (AvgIpc) is 4.01. The maximum atomic E-state index is 5.51. The van der Waals surface area contributed by atoms with E-state index in [2.05, 4.69) is 232 Å². The molecule has 7 heteroatoms. The Morgan fingerprint density at radius 3 is 1.34 bits per heavy atom. The highest BCUT2D eigenvalue weighted by Gasteiger charge is 2.25. The molecule has 0 aliphatic carbocycles. The smallest absolute Gasteiger partial charge is 0.240 e. The van der Waals surface area contributed by atoms with Crippen molar-refractivity contribution in [1.29, 1.82) is 0 Å². The van der Waals surface area contributed by atoms with Crippen molar-refractivity contribution in [3.05, 3.63) is 218 Å². The number of para-hydroxylation sites is 6. The van der Waals surface area contributed by atoms with Gasteiger partial charge in [0.1, 0.15) is 0 Å². The molecule has 6 nitrogen and oxygen atoms in total. The highest BCUT2D eigenvalue weighted by atomic mass is 32.2. The largest absolute Gasteiger partial charge is 0.309 e. The van der Waals surface area contributed by atoms with Crippen LogP contribution in [0.2, 0.25) is 0 Å². The van der Waals surface area contributed by atoms with Gasteiger partial charge in [-0.3, -0.25) is 9.13 Å². The van der Waals surface area contributed by atoms with Crippen molar-refractivity contribution in [2.45, 2.75) is 9.79 Å². The van der Waals surface area contributed by atoms with Gasteiger partial charge < -0.3 is 4.57 Å². The second-order valence-corrected chi connectivity index (χ2v) is 17.1. The first-order valence-electron chi connectivity index (χ1n) is 21.5. The second-order valence-electron chi connectivity index (χ2n) is 16.0. The number of aromatic nitrogens is 6. The molecule has 0 amide bonds. The minimum absolute atomic E-state index is 0.551. The van der Waals surface area contributed by atoms with Gasteiger partial charge in [0, 0.05) is 58.9 Å². The summed E-state index contributed by atoms with van der Waals surface area (Å²) in [4.78, 5) is 18.8. The molecule has 0 unspecified atom stereocenters. The fourth-order valence-electron chi connectivity index (χ4n) is 9.71. The van der Waals surface area contributed by atoms with Gasteiger partial charge in [-0.25, -0.2) is 0 Å². The monoisotopic (exact) mass is 836 g/mol. The van der Waals surface area contributed by atoms with Crippen LogP contribution < -0.4 is 0 Å². The lowest BCUT2D eigenvalue weighted by atomic mass is 10.00. The standard InChI is InChI=1S/C57H36N6S/c1-3-19-37(20-4-1)61-51-35-18-30-46(53(51)45-29-17-28-44(54(45)61)43-27-11-16-36-52(43)64-38-21-5-2-6-22-38)55-58-56(62-47-31-12-7-23-39(47)40-24-8-13-32-48(40)62)60-57(59-55)63-49-33-14-9-25-41(49)42-26-10-15-34-50(42)63/h1-36H. The van der Waals surface area contributed by atoms with Gasteiger partial charge >= 0.3 is 0 Å². The zero-order valence-electron chi connectivity index (χ0n) is 34.4. The minimum Gasteiger partial charge on any atom is -0.309 e. The van der Waals surface area contributed by atoms with E-state index in [1.807, 2.05) is 0 Å². The normalized spacial score (nSPS) is 11.8. The first kappa shape index (κ1) is 36.4. The van der Waals surface area contributed by atoms with E-state index in [4.69, 9.17) is 15.0 Å². The van der Waals surface area contributed by atoms with Crippen molar-refractivity contribution in [1.82, 2.24) is 28.7 Å². The second kappa shape index (κ2) is 14.7. The molecule has 13 aromatic rings. The number of hydrogen-bond acceptors (Lipinski definition) is 4. The van der Waals surface area contributed by atoms with Crippen LogP contribution in [0.3, 0.4) is 0 Å². The topological polar surface area (TPSA) is 53.5 Å². The summed E-state index contributed by atoms with van der Waals surface area (Å²) in [6.07, 6.45) is 0. The summed E-state index contributed by atoms with van der Waals surface area (Å²) < 4.78 is 6.80. The van der Waals surface area contributed by atoms with E-state index in [0.29, 0.717) is 17.7 Å². The summed E-state index contributed by atoms with van der Waals surface area (Å²) in [5, 5.41) is 6.76.